The fraction of sp³-hybridized carbons (Fsp3) is 0.533. The maximum absolute atomic E-state index is 11.0. The van der Waals surface area contributed by atoms with E-state index in [0.29, 0.717) is 6.54 Å². The number of nitrogens with zero attached hydrogens (tertiary/aromatic N) is 1. The Morgan fingerprint density at radius 2 is 2.10 bits per heavy atom. The first-order valence-electron chi connectivity index (χ1n) is 7.33. The summed E-state index contributed by atoms with van der Waals surface area (Å²) in [6.45, 7) is 0.625. The Kier molecular flexibility index (Phi) is 5.14. The number of benzene rings is 1. The number of hydrogen-bond acceptors (Lipinski definition) is 4. The largest absolute Gasteiger partial charge is 0.478 e. The van der Waals surface area contributed by atoms with Crippen molar-refractivity contribution in [1.82, 2.24) is 0 Å². The molecule has 114 valence electrons. The summed E-state index contributed by atoms with van der Waals surface area (Å²) in [5.74, 6) is -0.300. The molecule has 0 bridgehead atoms. The maximum atomic E-state index is 11.0. The predicted molar refractivity (Wildman–Crippen MR) is 79.7 cm³/mol. The molecule has 1 aliphatic rings. The number of nitrogens with one attached hydrogen (secondary N) is 1. The van der Waals surface area contributed by atoms with Gasteiger partial charge < -0.3 is 10.4 Å². The second-order valence-electron chi connectivity index (χ2n) is 5.51. The number of nitro benzene ring substituents is 1. The van der Waals surface area contributed by atoms with Crippen LogP contribution in [0.25, 0.3) is 0 Å². The van der Waals surface area contributed by atoms with Gasteiger partial charge in [0, 0.05) is 12.6 Å². The van der Waals surface area contributed by atoms with E-state index >= 15 is 0 Å². The smallest absolute Gasteiger partial charge is 0.335 e. The molecule has 1 saturated carbocycles. The van der Waals surface area contributed by atoms with Crippen LogP contribution in [0.2, 0.25) is 0 Å². The highest BCUT2D eigenvalue weighted by atomic mass is 16.6. The van der Waals surface area contributed by atoms with Crippen LogP contribution in [0.15, 0.2) is 18.2 Å². The molecular weight excluding hydrogens is 272 g/mol. The van der Waals surface area contributed by atoms with Crippen molar-refractivity contribution in [3.8, 4) is 0 Å². The number of nitro groups is 1. The Morgan fingerprint density at radius 1 is 1.38 bits per heavy atom. The van der Waals surface area contributed by atoms with Gasteiger partial charge in [-0.2, -0.15) is 0 Å². The molecule has 6 heteroatoms. The summed E-state index contributed by atoms with van der Waals surface area (Å²) in [5.41, 5.74) is 0.256. The third-order valence-corrected chi connectivity index (χ3v) is 4.02. The molecule has 0 aliphatic heterocycles. The highest BCUT2D eigenvalue weighted by Crippen LogP contribution is 2.29. The molecule has 21 heavy (non-hydrogen) atoms. The quantitative estimate of drug-likeness (QED) is 0.454. The minimum absolute atomic E-state index is 0.0545. The highest BCUT2D eigenvalue weighted by Gasteiger charge is 2.17. The lowest BCUT2D eigenvalue weighted by atomic mass is 10.0. The van der Waals surface area contributed by atoms with Crippen LogP contribution in [0, 0.1) is 16.0 Å². The summed E-state index contributed by atoms with van der Waals surface area (Å²) in [7, 11) is 0. The SMILES string of the molecule is O=C(O)c1ccc([N+](=O)[O-])c(NCCCC2CCCC2)c1. The van der Waals surface area contributed by atoms with Crippen LogP contribution >= 0.6 is 0 Å². The standard InChI is InChI=1S/C15H20N2O4/c18-15(19)12-7-8-14(17(20)21)13(10-12)16-9-3-6-11-4-1-2-5-11/h7-8,10-11,16H,1-6,9H2,(H,18,19). The van der Waals surface area contributed by atoms with Crippen LogP contribution in [0.1, 0.15) is 48.9 Å². The molecule has 1 aromatic rings. The van der Waals surface area contributed by atoms with Gasteiger partial charge in [0.25, 0.3) is 5.69 Å². The third kappa shape index (κ3) is 4.18. The zero-order valence-corrected chi connectivity index (χ0v) is 11.9. The van der Waals surface area contributed by atoms with Gasteiger partial charge in [-0.3, -0.25) is 10.1 Å². The molecule has 1 aliphatic carbocycles. The van der Waals surface area contributed by atoms with E-state index < -0.39 is 10.9 Å². The number of rotatable bonds is 7. The van der Waals surface area contributed by atoms with Gasteiger partial charge >= 0.3 is 5.97 Å². The van der Waals surface area contributed by atoms with Gasteiger partial charge in [-0.25, -0.2) is 4.79 Å². The first kappa shape index (κ1) is 15.3. The van der Waals surface area contributed by atoms with Crippen molar-refractivity contribution in [2.75, 3.05) is 11.9 Å². The van der Waals surface area contributed by atoms with Crippen molar-refractivity contribution >= 4 is 17.3 Å². The average Bonchev–Trinajstić information content (AvgIpc) is 2.96. The lowest BCUT2D eigenvalue weighted by Gasteiger charge is -2.10. The summed E-state index contributed by atoms with van der Waals surface area (Å²) in [6, 6.07) is 3.82. The first-order chi connectivity index (χ1) is 10.1. The number of anilines is 1. The van der Waals surface area contributed by atoms with E-state index in [1.54, 1.807) is 0 Å². The summed E-state index contributed by atoms with van der Waals surface area (Å²) >= 11 is 0. The fourth-order valence-electron chi connectivity index (χ4n) is 2.88. The van der Waals surface area contributed by atoms with E-state index in [0.717, 1.165) is 18.8 Å². The molecule has 6 nitrogen and oxygen atoms in total. The summed E-state index contributed by atoms with van der Waals surface area (Å²) in [5, 5.41) is 22.9. The molecule has 0 saturated heterocycles. The Labute approximate surface area is 123 Å². The molecular formula is C15H20N2O4. The van der Waals surface area contributed by atoms with Crippen molar-refractivity contribution in [3.05, 3.63) is 33.9 Å². The van der Waals surface area contributed by atoms with Gasteiger partial charge in [0.15, 0.2) is 0 Å². The van der Waals surface area contributed by atoms with Gasteiger partial charge in [0.05, 0.1) is 10.5 Å². The van der Waals surface area contributed by atoms with E-state index in [4.69, 9.17) is 5.11 Å². The molecule has 2 rings (SSSR count). The van der Waals surface area contributed by atoms with Crippen LogP contribution in [-0.4, -0.2) is 22.5 Å². The van der Waals surface area contributed by atoms with Crippen molar-refractivity contribution in [2.45, 2.75) is 38.5 Å². The van der Waals surface area contributed by atoms with Crippen LogP contribution in [0.4, 0.5) is 11.4 Å². The maximum Gasteiger partial charge on any atom is 0.335 e. The molecule has 2 N–H and O–H groups in total. The molecule has 1 aromatic carbocycles. The van der Waals surface area contributed by atoms with Crippen molar-refractivity contribution < 1.29 is 14.8 Å². The molecule has 0 amide bonds. The van der Waals surface area contributed by atoms with Crippen molar-refractivity contribution in [1.29, 1.82) is 0 Å². The lowest BCUT2D eigenvalue weighted by molar-refractivity contribution is -0.384. The second kappa shape index (κ2) is 7.06. The van der Waals surface area contributed by atoms with E-state index in [1.165, 1.54) is 43.9 Å². The molecule has 1 fully saturated rings. The number of hydrogen-bond donors (Lipinski definition) is 2. The number of carboxylic acids is 1. The second-order valence-corrected chi connectivity index (χ2v) is 5.51. The molecule has 0 radical (unpaired) electrons. The fourth-order valence-corrected chi connectivity index (χ4v) is 2.88. The summed E-state index contributed by atoms with van der Waals surface area (Å²) in [6.07, 6.45) is 7.26. The minimum Gasteiger partial charge on any atom is -0.478 e. The summed E-state index contributed by atoms with van der Waals surface area (Å²) in [4.78, 5) is 21.4. The van der Waals surface area contributed by atoms with Crippen molar-refractivity contribution in [2.24, 2.45) is 5.92 Å². The first-order valence-corrected chi connectivity index (χ1v) is 7.33. The Morgan fingerprint density at radius 3 is 2.71 bits per heavy atom. The Balaban J connectivity index is 1.94. The van der Waals surface area contributed by atoms with Crippen LogP contribution in [0.5, 0.6) is 0 Å². The Hall–Kier alpha value is -2.11. The van der Waals surface area contributed by atoms with E-state index in [9.17, 15) is 14.9 Å². The lowest BCUT2D eigenvalue weighted by Crippen LogP contribution is -2.07. The topological polar surface area (TPSA) is 92.5 Å². The van der Waals surface area contributed by atoms with E-state index in [2.05, 4.69) is 5.32 Å². The number of aromatic carboxylic acids is 1. The van der Waals surface area contributed by atoms with E-state index in [1.807, 2.05) is 0 Å². The number of carboxylic acid groups (broad SMARTS) is 1. The zero-order valence-electron chi connectivity index (χ0n) is 11.9. The molecule has 0 atom stereocenters. The Bertz CT molecular complexity index is 524. The minimum atomic E-state index is -1.08. The molecule has 0 unspecified atom stereocenters. The van der Waals surface area contributed by atoms with Gasteiger partial charge in [0.1, 0.15) is 5.69 Å². The van der Waals surface area contributed by atoms with Gasteiger partial charge in [-0.1, -0.05) is 25.7 Å². The predicted octanol–water partition coefficient (Wildman–Crippen LogP) is 3.68. The third-order valence-electron chi connectivity index (χ3n) is 4.02. The monoisotopic (exact) mass is 292 g/mol. The van der Waals surface area contributed by atoms with Gasteiger partial charge in [-0.05, 0) is 30.9 Å². The van der Waals surface area contributed by atoms with Crippen LogP contribution in [0.3, 0.4) is 0 Å². The highest BCUT2D eigenvalue weighted by molar-refractivity contribution is 5.90. The van der Waals surface area contributed by atoms with Gasteiger partial charge in [0.2, 0.25) is 0 Å². The normalized spacial score (nSPS) is 15.0. The van der Waals surface area contributed by atoms with E-state index in [-0.39, 0.29) is 16.9 Å². The van der Waals surface area contributed by atoms with Crippen LogP contribution < -0.4 is 5.32 Å². The molecule has 0 spiro atoms. The molecule has 0 heterocycles. The van der Waals surface area contributed by atoms with Crippen molar-refractivity contribution in [3.63, 3.8) is 0 Å². The summed E-state index contributed by atoms with van der Waals surface area (Å²) < 4.78 is 0. The average molecular weight is 292 g/mol. The molecule has 0 aromatic heterocycles. The van der Waals surface area contributed by atoms with Gasteiger partial charge in [-0.15, -0.1) is 0 Å². The van der Waals surface area contributed by atoms with Crippen LogP contribution in [-0.2, 0) is 0 Å². The number of carbonyl (C=O) groups is 1. The zero-order chi connectivity index (χ0) is 15.2.